The molecular formula is C8H11NO2S. The van der Waals surface area contributed by atoms with E-state index in [1.54, 1.807) is 24.8 Å². The first-order valence-electron chi connectivity index (χ1n) is 3.74. The number of carbonyl (C=O) groups is 1. The number of rotatable bonds is 3. The molecule has 0 bridgehead atoms. The van der Waals surface area contributed by atoms with E-state index in [2.05, 4.69) is 5.32 Å². The third-order valence-corrected chi connectivity index (χ3v) is 2.13. The highest BCUT2D eigenvalue weighted by Crippen LogP contribution is 2.15. The standard InChI is InChI=1S/C8H11NO2S/c1-2-11-8(10)4-3-7-9-5-6-12-7/h3-7,9H,2H2,1H3/b4-3+. The number of hydrogen-bond donors (Lipinski definition) is 1. The number of carbonyl (C=O) groups excluding carboxylic acids is 1. The molecule has 0 aromatic carbocycles. The maximum Gasteiger partial charge on any atom is 0.330 e. The van der Waals surface area contributed by atoms with Gasteiger partial charge in [-0.25, -0.2) is 4.79 Å². The quantitative estimate of drug-likeness (QED) is 0.530. The van der Waals surface area contributed by atoms with Gasteiger partial charge < -0.3 is 10.1 Å². The van der Waals surface area contributed by atoms with Gasteiger partial charge in [-0.1, -0.05) is 0 Å². The van der Waals surface area contributed by atoms with Crippen molar-refractivity contribution in [2.75, 3.05) is 6.61 Å². The molecule has 0 radical (unpaired) electrons. The van der Waals surface area contributed by atoms with Crippen LogP contribution in [0.2, 0.25) is 0 Å². The number of esters is 1. The number of ether oxygens (including phenoxy) is 1. The fourth-order valence-corrected chi connectivity index (χ4v) is 1.41. The lowest BCUT2D eigenvalue weighted by molar-refractivity contribution is -0.137. The van der Waals surface area contributed by atoms with Gasteiger partial charge >= 0.3 is 5.97 Å². The molecule has 0 fully saturated rings. The third-order valence-electron chi connectivity index (χ3n) is 1.25. The van der Waals surface area contributed by atoms with Gasteiger partial charge in [-0.2, -0.15) is 0 Å². The van der Waals surface area contributed by atoms with Crippen molar-refractivity contribution in [3.8, 4) is 0 Å². The summed E-state index contributed by atoms with van der Waals surface area (Å²) in [5.74, 6) is -0.285. The van der Waals surface area contributed by atoms with Crippen molar-refractivity contribution in [1.82, 2.24) is 5.32 Å². The molecule has 3 nitrogen and oxygen atoms in total. The summed E-state index contributed by atoms with van der Waals surface area (Å²) in [7, 11) is 0. The highest BCUT2D eigenvalue weighted by atomic mass is 32.2. The van der Waals surface area contributed by atoms with E-state index in [1.807, 2.05) is 11.6 Å². The summed E-state index contributed by atoms with van der Waals surface area (Å²) in [6.07, 6.45) is 5.08. The van der Waals surface area contributed by atoms with E-state index in [1.165, 1.54) is 6.08 Å². The molecular weight excluding hydrogens is 174 g/mol. The normalized spacial score (nSPS) is 21.2. The van der Waals surface area contributed by atoms with Gasteiger partial charge in [0.15, 0.2) is 0 Å². The number of nitrogens with one attached hydrogen (secondary N) is 1. The molecule has 0 aromatic rings. The summed E-state index contributed by atoms with van der Waals surface area (Å²) >= 11 is 1.62. The molecule has 0 saturated carbocycles. The molecule has 0 spiro atoms. The van der Waals surface area contributed by atoms with Crippen molar-refractivity contribution < 1.29 is 9.53 Å². The Morgan fingerprint density at radius 1 is 1.83 bits per heavy atom. The van der Waals surface area contributed by atoms with Crippen molar-refractivity contribution in [3.05, 3.63) is 23.8 Å². The van der Waals surface area contributed by atoms with E-state index >= 15 is 0 Å². The number of thioether (sulfide) groups is 1. The highest BCUT2D eigenvalue weighted by Gasteiger charge is 2.05. The zero-order valence-electron chi connectivity index (χ0n) is 6.82. The van der Waals surface area contributed by atoms with Gasteiger partial charge in [0.05, 0.1) is 12.0 Å². The summed E-state index contributed by atoms with van der Waals surface area (Å²) in [6, 6.07) is 0. The second-order valence-electron chi connectivity index (χ2n) is 2.14. The average molecular weight is 185 g/mol. The fourth-order valence-electron chi connectivity index (χ4n) is 0.755. The van der Waals surface area contributed by atoms with Crippen molar-refractivity contribution >= 4 is 17.7 Å². The van der Waals surface area contributed by atoms with Crippen molar-refractivity contribution in [2.45, 2.75) is 12.3 Å². The summed E-state index contributed by atoms with van der Waals surface area (Å²) < 4.78 is 4.72. The molecule has 4 heteroatoms. The van der Waals surface area contributed by atoms with E-state index in [-0.39, 0.29) is 11.3 Å². The van der Waals surface area contributed by atoms with Crippen LogP contribution in [0.4, 0.5) is 0 Å². The zero-order valence-corrected chi connectivity index (χ0v) is 7.64. The van der Waals surface area contributed by atoms with Gasteiger partial charge in [-0.15, -0.1) is 11.8 Å². The molecule has 1 heterocycles. The summed E-state index contributed by atoms with van der Waals surface area (Å²) in [5.41, 5.74) is 0. The maximum absolute atomic E-state index is 10.8. The van der Waals surface area contributed by atoms with E-state index in [9.17, 15) is 4.79 Å². The Balaban J connectivity index is 2.24. The third kappa shape index (κ3) is 3.00. The Hall–Kier alpha value is -0.900. The first-order valence-corrected chi connectivity index (χ1v) is 4.68. The van der Waals surface area contributed by atoms with Crippen molar-refractivity contribution in [2.24, 2.45) is 0 Å². The fraction of sp³-hybridized carbons (Fsp3) is 0.375. The Labute approximate surface area is 75.9 Å². The molecule has 12 heavy (non-hydrogen) atoms. The molecule has 1 rings (SSSR count). The predicted octanol–water partition coefficient (Wildman–Crippen LogP) is 1.24. The molecule has 1 aliphatic heterocycles. The van der Waals surface area contributed by atoms with E-state index in [0.717, 1.165) is 0 Å². The van der Waals surface area contributed by atoms with Gasteiger partial charge in [-0.3, -0.25) is 0 Å². The maximum atomic E-state index is 10.8. The monoisotopic (exact) mass is 185 g/mol. The second-order valence-corrected chi connectivity index (χ2v) is 3.19. The summed E-state index contributed by atoms with van der Waals surface area (Å²) in [5, 5.41) is 5.16. The summed E-state index contributed by atoms with van der Waals surface area (Å²) in [4.78, 5) is 10.8. The first-order chi connectivity index (χ1) is 5.83. The Bertz CT molecular complexity index is 205. The van der Waals surface area contributed by atoms with Crippen LogP contribution in [0.15, 0.2) is 23.8 Å². The van der Waals surface area contributed by atoms with Crippen molar-refractivity contribution in [3.63, 3.8) is 0 Å². The largest absolute Gasteiger partial charge is 0.463 e. The van der Waals surface area contributed by atoms with Gasteiger partial charge in [-0.05, 0) is 18.4 Å². The average Bonchev–Trinajstić information content (AvgIpc) is 2.53. The van der Waals surface area contributed by atoms with Gasteiger partial charge in [0.2, 0.25) is 0 Å². The van der Waals surface area contributed by atoms with Crippen LogP contribution in [-0.2, 0) is 9.53 Å². The molecule has 1 unspecified atom stereocenters. The minimum absolute atomic E-state index is 0.175. The van der Waals surface area contributed by atoms with Crippen LogP contribution in [0.5, 0.6) is 0 Å². The van der Waals surface area contributed by atoms with Gasteiger partial charge in [0, 0.05) is 12.3 Å². The molecule has 66 valence electrons. The van der Waals surface area contributed by atoms with E-state index < -0.39 is 0 Å². The molecule has 1 aliphatic rings. The first kappa shape index (κ1) is 9.19. The highest BCUT2D eigenvalue weighted by molar-refractivity contribution is 8.03. The minimum atomic E-state index is -0.285. The predicted molar refractivity (Wildman–Crippen MR) is 49.4 cm³/mol. The molecule has 0 saturated heterocycles. The van der Waals surface area contributed by atoms with E-state index in [4.69, 9.17) is 4.74 Å². The second kappa shape index (κ2) is 4.87. The molecule has 0 aromatic heterocycles. The smallest absolute Gasteiger partial charge is 0.330 e. The Morgan fingerprint density at radius 3 is 3.25 bits per heavy atom. The van der Waals surface area contributed by atoms with Crippen LogP contribution >= 0.6 is 11.8 Å². The van der Waals surface area contributed by atoms with Crippen LogP contribution in [0.25, 0.3) is 0 Å². The number of hydrogen-bond acceptors (Lipinski definition) is 4. The van der Waals surface area contributed by atoms with Crippen LogP contribution in [-0.4, -0.2) is 18.0 Å². The summed E-state index contributed by atoms with van der Waals surface area (Å²) in [6.45, 7) is 2.21. The molecule has 1 N–H and O–H groups in total. The topological polar surface area (TPSA) is 38.3 Å². The van der Waals surface area contributed by atoms with Gasteiger partial charge in [0.25, 0.3) is 0 Å². The van der Waals surface area contributed by atoms with Crippen LogP contribution in [0, 0.1) is 0 Å². The van der Waals surface area contributed by atoms with Crippen LogP contribution in [0.3, 0.4) is 0 Å². The Kier molecular flexibility index (Phi) is 3.73. The molecule has 0 aliphatic carbocycles. The lowest BCUT2D eigenvalue weighted by Gasteiger charge is -2.02. The SMILES string of the molecule is CCOC(=O)/C=C/C1NC=CS1. The lowest BCUT2D eigenvalue weighted by atomic mass is 10.5. The minimum Gasteiger partial charge on any atom is -0.463 e. The van der Waals surface area contributed by atoms with Gasteiger partial charge in [0.1, 0.15) is 0 Å². The molecule has 1 atom stereocenters. The van der Waals surface area contributed by atoms with Crippen LogP contribution in [0.1, 0.15) is 6.92 Å². The lowest BCUT2D eigenvalue weighted by Crippen LogP contribution is -2.13. The zero-order chi connectivity index (χ0) is 8.81. The molecule has 0 amide bonds. The van der Waals surface area contributed by atoms with Crippen molar-refractivity contribution in [1.29, 1.82) is 0 Å². The Morgan fingerprint density at radius 2 is 2.67 bits per heavy atom. The van der Waals surface area contributed by atoms with E-state index in [0.29, 0.717) is 6.61 Å². The van der Waals surface area contributed by atoms with Crippen LogP contribution < -0.4 is 5.32 Å².